The summed E-state index contributed by atoms with van der Waals surface area (Å²) < 4.78 is 18.9. The molecule has 0 fully saturated rings. The van der Waals surface area contributed by atoms with E-state index in [1.54, 1.807) is 12.1 Å². The minimum Gasteiger partial charge on any atom is -0.482 e. The number of hydrogen-bond donors (Lipinski definition) is 2. The Morgan fingerprint density at radius 1 is 1.30 bits per heavy atom. The largest absolute Gasteiger partial charge is 0.482 e. The standard InChI is InChI=1S/C18H19FN2O2/c1-12(20-9-8-13-4-2-3-5-15(13)19)14-6-7-17-16(10-14)21-18(22)11-23-17/h2-7,10,12,20H,8-9,11H2,1H3,(H,21,22)/t12-/m0/s1. The van der Waals surface area contributed by atoms with Crippen molar-refractivity contribution in [1.29, 1.82) is 0 Å². The van der Waals surface area contributed by atoms with Crippen molar-refractivity contribution in [3.8, 4) is 5.75 Å². The Morgan fingerprint density at radius 2 is 2.13 bits per heavy atom. The van der Waals surface area contributed by atoms with Gasteiger partial charge in [-0.15, -0.1) is 0 Å². The molecule has 1 aliphatic rings. The van der Waals surface area contributed by atoms with Crippen LogP contribution in [-0.4, -0.2) is 19.1 Å². The van der Waals surface area contributed by atoms with Crippen molar-refractivity contribution in [2.75, 3.05) is 18.5 Å². The zero-order chi connectivity index (χ0) is 16.2. The molecule has 3 rings (SSSR count). The predicted molar refractivity (Wildman–Crippen MR) is 87.1 cm³/mol. The van der Waals surface area contributed by atoms with E-state index < -0.39 is 0 Å². The summed E-state index contributed by atoms with van der Waals surface area (Å²) in [5.74, 6) is 0.373. The fraction of sp³-hybridized carbons (Fsp3) is 0.278. The van der Waals surface area contributed by atoms with Crippen LogP contribution in [0.3, 0.4) is 0 Å². The summed E-state index contributed by atoms with van der Waals surface area (Å²) in [4.78, 5) is 11.4. The van der Waals surface area contributed by atoms with Gasteiger partial charge in [0.2, 0.25) is 0 Å². The molecule has 0 saturated carbocycles. The summed E-state index contributed by atoms with van der Waals surface area (Å²) in [6, 6.07) is 12.6. The van der Waals surface area contributed by atoms with Gasteiger partial charge in [-0.1, -0.05) is 24.3 Å². The van der Waals surface area contributed by atoms with Gasteiger partial charge in [-0.3, -0.25) is 4.79 Å². The van der Waals surface area contributed by atoms with Gasteiger partial charge >= 0.3 is 0 Å². The Balaban J connectivity index is 1.60. The summed E-state index contributed by atoms with van der Waals surface area (Å²) in [6.45, 7) is 2.76. The number of nitrogens with one attached hydrogen (secondary N) is 2. The fourth-order valence-electron chi connectivity index (χ4n) is 2.61. The monoisotopic (exact) mass is 314 g/mol. The Hall–Kier alpha value is -2.40. The van der Waals surface area contributed by atoms with Crippen molar-refractivity contribution in [2.45, 2.75) is 19.4 Å². The topological polar surface area (TPSA) is 50.4 Å². The van der Waals surface area contributed by atoms with Gasteiger partial charge in [-0.2, -0.15) is 0 Å². The minimum atomic E-state index is -0.171. The maximum Gasteiger partial charge on any atom is 0.262 e. The molecule has 4 nitrogen and oxygen atoms in total. The number of amides is 1. The summed E-state index contributed by atoms with van der Waals surface area (Å²) in [5.41, 5.74) is 2.45. The number of halogens is 1. The molecule has 1 amide bonds. The van der Waals surface area contributed by atoms with Gasteiger partial charge in [0.1, 0.15) is 11.6 Å². The molecule has 1 heterocycles. The van der Waals surface area contributed by atoms with E-state index in [1.165, 1.54) is 6.07 Å². The highest BCUT2D eigenvalue weighted by molar-refractivity contribution is 5.95. The molecular weight excluding hydrogens is 295 g/mol. The average molecular weight is 314 g/mol. The molecule has 2 aromatic rings. The molecule has 2 N–H and O–H groups in total. The molecule has 0 spiro atoms. The van der Waals surface area contributed by atoms with Crippen LogP contribution in [0.5, 0.6) is 5.75 Å². The van der Waals surface area contributed by atoms with Crippen LogP contribution in [0, 0.1) is 5.82 Å². The number of carbonyl (C=O) groups excluding carboxylic acids is 1. The number of hydrogen-bond acceptors (Lipinski definition) is 3. The van der Waals surface area contributed by atoms with Crippen molar-refractivity contribution >= 4 is 11.6 Å². The third-order valence-electron chi connectivity index (χ3n) is 3.94. The van der Waals surface area contributed by atoms with Gasteiger partial charge in [0.15, 0.2) is 6.61 Å². The van der Waals surface area contributed by atoms with Gasteiger partial charge in [-0.05, 0) is 49.2 Å². The predicted octanol–water partition coefficient (Wildman–Crippen LogP) is 3.05. The number of anilines is 1. The average Bonchev–Trinajstić information content (AvgIpc) is 2.55. The van der Waals surface area contributed by atoms with Crippen LogP contribution in [0.1, 0.15) is 24.1 Å². The Bertz CT molecular complexity index is 718. The normalized spacial score (nSPS) is 14.6. The molecule has 0 aliphatic carbocycles. The summed E-state index contributed by atoms with van der Waals surface area (Å²) in [6.07, 6.45) is 0.627. The van der Waals surface area contributed by atoms with Crippen molar-refractivity contribution in [3.63, 3.8) is 0 Å². The van der Waals surface area contributed by atoms with Gasteiger partial charge < -0.3 is 15.4 Å². The van der Waals surface area contributed by atoms with E-state index in [4.69, 9.17) is 4.74 Å². The molecule has 23 heavy (non-hydrogen) atoms. The van der Waals surface area contributed by atoms with Crippen molar-refractivity contribution in [2.24, 2.45) is 0 Å². The lowest BCUT2D eigenvalue weighted by atomic mass is 10.1. The molecule has 0 saturated heterocycles. The molecule has 5 heteroatoms. The van der Waals surface area contributed by atoms with E-state index in [0.717, 1.165) is 5.56 Å². The van der Waals surface area contributed by atoms with E-state index in [-0.39, 0.29) is 24.4 Å². The molecule has 0 aromatic heterocycles. The molecule has 120 valence electrons. The highest BCUT2D eigenvalue weighted by atomic mass is 19.1. The lowest BCUT2D eigenvalue weighted by molar-refractivity contribution is -0.118. The second kappa shape index (κ2) is 6.79. The molecule has 1 atom stereocenters. The lowest BCUT2D eigenvalue weighted by Gasteiger charge is -2.21. The van der Waals surface area contributed by atoms with E-state index in [1.807, 2.05) is 31.2 Å². The number of rotatable bonds is 5. The van der Waals surface area contributed by atoms with Gasteiger partial charge in [0.25, 0.3) is 5.91 Å². The first kappa shape index (κ1) is 15.5. The van der Waals surface area contributed by atoms with E-state index >= 15 is 0 Å². The number of fused-ring (bicyclic) bond motifs is 1. The third-order valence-corrected chi connectivity index (χ3v) is 3.94. The van der Waals surface area contributed by atoms with E-state index in [2.05, 4.69) is 10.6 Å². The second-order valence-corrected chi connectivity index (χ2v) is 5.61. The number of ether oxygens (including phenoxy) is 1. The Morgan fingerprint density at radius 3 is 2.96 bits per heavy atom. The smallest absolute Gasteiger partial charge is 0.262 e. The van der Waals surface area contributed by atoms with E-state index in [0.29, 0.717) is 30.0 Å². The second-order valence-electron chi connectivity index (χ2n) is 5.61. The summed E-state index contributed by atoms with van der Waals surface area (Å²) in [7, 11) is 0. The zero-order valence-electron chi connectivity index (χ0n) is 12.9. The van der Waals surface area contributed by atoms with Crippen LogP contribution < -0.4 is 15.4 Å². The maximum atomic E-state index is 13.6. The first-order valence-corrected chi connectivity index (χ1v) is 7.67. The highest BCUT2D eigenvalue weighted by Gasteiger charge is 2.17. The quantitative estimate of drug-likeness (QED) is 0.892. The number of carbonyl (C=O) groups is 1. The van der Waals surface area contributed by atoms with Crippen LogP contribution in [0.15, 0.2) is 42.5 Å². The van der Waals surface area contributed by atoms with Gasteiger partial charge in [0.05, 0.1) is 5.69 Å². The number of benzene rings is 2. The first-order chi connectivity index (χ1) is 11.1. The molecule has 0 unspecified atom stereocenters. The van der Waals surface area contributed by atoms with Crippen molar-refractivity contribution < 1.29 is 13.9 Å². The zero-order valence-corrected chi connectivity index (χ0v) is 12.9. The van der Waals surface area contributed by atoms with Crippen LogP contribution in [-0.2, 0) is 11.2 Å². The summed E-state index contributed by atoms with van der Waals surface area (Å²) >= 11 is 0. The molecule has 0 radical (unpaired) electrons. The summed E-state index contributed by atoms with van der Waals surface area (Å²) in [5, 5.41) is 6.18. The SMILES string of the molecule is C[C@H](NCCc1ccccc1F)c1ccc2c(c1)NC(=O)CO2. The minimum absolute atomic E-state index is 0.0583. The highest BCUT2D eigenvalue weighted by Crippen LogP contribution is 2.30. The lowest BCUT2D eigenvalue weighted by Crippen LogP contribution is -2.26. The molecule has 2 aromatic carbocycles. The van der Waals surface area contributed by atoms with Gasteiger partial charge in [0, 0.05) is 6.04 Å². The van der Waals surface area contributed by atoms with Crippen molar-refractivity contribution in [1.82, 2.24) is 5.32 Å². The van der Waals surface area contributed by atoms with E-state index in [9.17, 15) is 9.18 Å². The van der Waals surface area contributed by atoms with Crippen LogP contribution >= 0.6 is 0 Å². The molecular formula is C18H19FN2O2. The fourth-order valence-corrected chi connectivity index (χ4v) is 2.61. The third kappa shape index (κ3) is 3.68. The van der Waals surface area contributed by atoms with Crippen LogP contribution in [0.2, 0.25) is 0 Å². The Labute approximate surface area is 134 Å². The Kier molecular flexibility index (Phi) is 4.57. The van der Waals surface area contributed by atoms with Crippen molar-refractivity contribution in [3.05, 3.63) is 59.4 Å². The van der Waals surface area contributed by atoms with Crippen LogP contribution in [0.25, 0.3) is 0 Å². The first-order valence-electron chi connectivity index (χ1n) is 7.67. The molecule has 1 aliphatic heterocycles. The van der Waals surface area contributed by atoms with Crippen LogP contribution in [0.4, 0.5) is 10.1 Å². The molecule has 0 bridgehead atoms. The van der Waals surface area contributed by atoms with Gasteiger partial charge in [-0.25, -0.2) is 4.39 Å². The maximum absolute atomic E-state index is 13.6.